The molecule has 1 unspecified atom stereocenters. The topological polar surface area (TPSA) is 145 Å². The number of nitrogens with one attached hydrogen (secondary N) is 2. The molecule has 1 atom stereocenters. The molecule has 1 aliphatic heterocycles. The van der Waals surface area contributed by atoms with Crippen molar-refractivity contribution >= 4 is 40.1 Å². The fourth-order valence-corrected chi connectivity index (χ4v) is 5.69. The number of nitrogen functional groups attached to an aromatic ring is 1. The van der Waals surface area contributed by atoms with E-state index < -0.39 is 23.8 Å². The summed E-state index contributed by atoms with van der Waals surface area (Å²) in [4.78, 5) is 46.3. The van der Waals surface area contributed by atoms with Gasteiger partial charge in [-0.05, 0) is 93.1 Å². The Morgan fingerprint density at radius 2 is 1.72 bits per heavy atom. The molecule has 0 radical (unpaired) electrons. The molecule has 1 aromatic heterocycles. The average molecular weight is 694 g/mol. The van der Waals surface area contributed by atoms with E-state index in [1.165, 1.54) is 36.5 Å². The molecule has 2 amide bonds. The molecule has 1 aliphatic rings. The number of rotatable bonds is 12. The van der Waals surface area contributed by atoms with Gasteiger partial charge in [-0.25, -0.2) is 9.78 Å². The van der Waals surface area contributed by atoms with E-state index >= 15 is 0 Å². The standard InChI is InChI=1S/C36H38F3N5O6/c1-4-48-30-20-25(11-14-29(30)49-22(2)3)35(50-34(47)36(37,38)39,43-26-12-13-27-23(19-26)15-16-41-31(27)40)33(46)42-21-24-9-5-6-10-28(24)32(45)44-17-7-8-18-44/h5-6,9-16,19-20,22,43H,4,7-8,17-18,21H2,1-3H3,(H2,40,41)(H,42,46). The van der Waals surface area contributed by atoms with Crippen molar-refractivity contribution in [3.05, 3.63) is 89.6 Å². The van der Waals surface area contributed by atoms with Crippen LogP contribution in [0.1, 0.15) is 55.1 Å². The zero-order valence-electron chi connectivity index (χ0n) is 27.8. The summed E-state index contributed by atoms with van der Waals surface area (Å²) in [6.45, 7) is 6.30. The minimum atomic E-state index is -5.48. The normalized spacial score (nSPS) is 14.3. The Kier molecular flexibility index (Phi) is 10.7. The number of fused-ring (bicyclic) bond motifs is 1. The third-order valence-corrected chi connectivity index (χ3v) is 8.01. The monoisotopic (exact) mass is 693 g/mol. The molecule has 0 saturated carbocycles. The fraction of sp³-hybridized carbons (Fsp3) is 0.333. The van der Waals surface area contributed by atoms with Gasteiger partial charge >= 0.3 is 12.1 Å². The summed E-state index contributed by atoms with van der Waals surface area (Å²) in [5, 5.41) is 6.51. The van der Waals surface area contributed by atoms with Crippen LogP contribution in [0.15, 0.2) is 72.9 Å². The van der Waals surface area contributed by atoms with Gasteiger partial charge in [-0.2, -0.15) is 13.2 Å². The molecular formula is C36H38F3N5O6. The maximum atomic E-state index is 14.5. The van der Waals surface area contributed by atoms with Crippen LogP contribution in [0.25, 0.3) is 10.8 Å². The number of halogens is 3. The zero-order chi connectivity index (χ0) is 36.1. The molecule has 4 N–H and O–H groups in total. The quantitative estimate of drug-likeness (QED) is 0.122. The average Bonchev–Trinajstić information content (AvgIpc) is 3.62. The summed E-state index contributed by atoms with van der Waals surface area (Å²) in [6.07, 6.45) is -2.59. The fourth-order valence-electron chi connectivity index (χ4n) is 5.69. The maximum absolute atomic E-state index is 14.5. The SMILES string of the molecule is CCOc1cc(C(Nc2ccc3c(N)nccc3c2)(OC(=O)C(F)(F)F)C(=O)NCc2ccccc2C(=O)N2CCCC2)ccc1OC(C)C. The Labute approximate surface area is 286 Å². The molecule has 0 bridgehead atoms. The molecule has 0 spiro atoms. The van der Waals surface area contributed by atoms with E-state index in [1.54, 1.807) is 62.1 Å². The molecule has 14 heteroatoms. The predicted octanol–water partition coefficient (Wildman–Crippen LogP) is 5.93. The molecule has 11 nitrogen and oxygen atoms in total. The Morgan fingerprint density at radius 3 is 2.42 bits per heavy atom. The van der Waals surface area contributed by atoms with Gasteiger partial charge in [0, 0.05) is 48.0 Å². The lowest BCUT2D eigenvalue weighted by molar-refractivity contribution is -0.213. The maximum Gasteiger partial charge on any atom is 0.491 e. The molecule has 50 heavy (non-hydrogen) atoms. The van der Waals surface area contributed by atoms with Gasteiger partial charge in [0.2, 0.25) is 0 Å². The molecule has 2 heterocycles. The summed E-state index contributed by atoms with van der Waals surface area (Å²) in [5.74, 6) is -3.45. The highest BCUT2D eigenvalue weighted by molar-refractivity contribution is 5.97. The number of carbonyl (C=O) groups excluding carboxylic acids is 3. The molecule has 1 fully saturated rings. The van der Waals surface area contributed by atoms with Crippen LogP contribution in [-0.4, -0.2) is 59.6 Å². The number of likely N-dealkylation sites (tertiary alicyclic amines) is 1. The van der Waals surface area contributed by atoms with E-state index in [9.17, 15) is 27.6 Å². The summed E-state index contributed by atoms with van der Waals surface area (Å²) < 4.78 is 58.7. The van der Waals surface area contributed by atoms with E-state index in [1.807, 2.05) is 0 Å². The van der Waals surface area contributed by atoms with Crippen molar-refractivity contribution in [1.82, 2.24) is 15.2 Å². The largest absolute Gasteiger partial charge is 0.491 e. The summed E-state index contributed by atoms with van der Waals surface area (Å²) in [7, 11) is 0. The highest BCUT2D eigenvalue weighted by Crippen LogP contribution is 2.38. The van der Waals surface area contributed by atoms with Crippen molar-refractivity contribution in [2.45, 2.75) is 58.2 Å². The Hall–Kier alpha value is -5.53. The number of esters is 1. The van der Waals surface area contributed by atoms with Crippen molar-refractivity contribution in [1.29, 1.82) is 0 Å². The highest BCUT2D eigenvalue weighted by atomic mass is 19.4. The van der Waals surface area contributed by atoms with Crippen molar-refractivity contribution in [2.75, 3.05) is 30.7 Å². The van der Waals surface area contributed by atoms with Gasteiger partial charge in [0.15, 0.2) is 11.5 Å². The smallest absolute Gasteiger partial charge is 0.490 e. The van der Waals surface area contributed by atoms with Gasteiger partial charge in [0.05, 0.1) is 12.7 Å². The van der Waals surface area contributed by atoms with Crippen LogP contribution in [0.3, 0.4) is 0 Å². The Balaban J connectivity index is 1.63. The number of hydrogen-bond acceptors (Lipinski definition) is 9. The number of anilines is 2. The van der Waals surface area contributed by atoms with Gasteiger partial charge in [-0.3, -0.25) is 9.59 Å². The number of ether oxygens (including phenoxy) is 3. The van der Waals surface area contributed by atoms with Crippen LogP contribution in [0.4, 0.5) is 24.7 Å². The number of alkyl halides is 3. The van der Waals surface area contributed by atoms with Gasteiger partial charge in [0.25, 0.3) is 17.5 Å². The van der Waals surface area contributed by atoms with Crippen molar-refractivity contribution < 1.29 is 41.8 Å². The third kappa shape index (κ3) is 7.85. The van der Waals surface area contributed by atoms with E-state index in [-0.39, 0.29) is 53.7 Å². The molecule has 1 saturated heterocycles. The van der Waals surface area contributed by atoms with Gasteiger partial charge in [-0.1, -0.05) is 18.2 Å². The van der Waals surface area contributed by atoms with Crippen LogP contribution in [0.2, 0.25) is 0 Å². The summed E-state index contributed by atoms with van der Waals surface area (Å²) in [5.41, 5.74) is 3.83. The van der Waals surface area contributed by atoms with E-state index in [0.29, 0.717) is 35.0 Å². The number of amides is 2. The van der Waals surface area contributed by atoms with E-state index in [0.717, 1.165) is 12.8 Å². The van der Waals surface area contributed by atoms with Crippen LogP contribution < -0.4 is 25.8 Å². The van der Waals surface area contributed by atoms with Gasteiger partial charge < -0.3 is 35.5 Å². The second kappa shape index (κ2) is 14.9. The van der Waals surface area contributed by atoms with Crippen LogP contribution in [0.5, 0.6) is 11.5 Å². The molecule has 0 aliphatic carbocycles. The lowest BCUT2D eigenvalue weighted by atomic mass is 9.98. The number of benzene rings is 3. The van der Waals surface area contributed by atoms with Crippen molar-refractivity contribution in [3.63, 3.8) is 0 Å². The first kappa shape index (κ1) is 35.8. The minimum Gasteiger partial charge on any atom is -0.490 e. The van der Waals surface area contributed by atoms with Gasteiger partial charge in [0.1, 0.15) is 5.82 Å². The molecular weight excluding hydrogens is 655 g/mol. The second-order valence-corrected chi connectivity index (χ2v) is 11.9. The Morgan fingerprint density at radius 1 is 0.980 bits per heavy atom. The van der Waals surface area contributed by atoms with Crippen LogP contribution in [-0.2, 0) is 26.6 Å². The second-order valence-electron chi connectivity index (χ2n) is 11.9. The molecule has 3 aromatic carbocycles. The zero-order valence-corrected chi connectivity index (χ0v) is 27.8. The minimum absolute atomic E-state index is 0.0969. The lowest BCUT2D eigenvalue weighted by Gasteiger charge is -2.35. The lowest BCUT2D eigenvalue weighted by Crippen LogP contribution is -2.54. The first-order valence-corrected chi connectivity index (χ1v) is 16.1. The van der Waals surface area contributed by atoms with Crippen molar-refractivity contribution in [3.8, 4) is 11.5 Å². The summed E-state index contributed by atoms with van der Waals surface area (Å²) in [6, 6.07) is 16.8. The number of pyridine rings is 1. The van der Waals surface area contributed by atoms with Crippen LogP contribution in [0, 0.1) is 0 Å². The summed E-state index contributed by atoms with van der Waals surface area (Å²) >= 11 is 0. The van der Waals surface area contributed by atoms with E-state index in [2.05, 4.69) is 15.6 Å². The first-order chi connectivity index (χ1) is 23.8. The third-order valence-electron chi connectivity index (χ3n) is 8.01. The molecule has 4 aromatic rings. The van der Waals surface area contributed by atoms with Crippen molar-refractivity contribution in [2.24, 2.45) is 0 Å². The number of nitrogens with zero attached hydrogens (tertiary/aromatic N) is 2. The first-order valence-electron chi connectivity index (χ1n) is 16.1. The number of aromatic nitrogens is 1. The molecule has 5 rings (SSSR count). The highest BCUT2D eigenvalue weighted by Gasteiger charge is 2.52. The number of carbonyl (C=O) groups is 3. The molecule has 264 valence electrons. The predicted molar refractivity (Wildman–Crippen MR) is 180 cm³/mol. The number of hydrogen-bond donors (Lipinski definition) is 3. The van der Waals surface area contributed by atoms with E-state index in [4.69, 9.17) is 19.9 Å². The van der Waals surface area contributed by atoms with Crippen LogP contribution >= 0.6 is 0 Å². The van der Waals surface area contributed by atoms with Gasteiger partial charge in [-0.15, -0.1) is 0 Å². The Bertz CT molecular complexity index is 1880. The number of nitrogens with two attached hydrogens (primary N) is 1.